The molecule has 3 aromatic heterocycles. The Morgan fingerprint density at radius 2 is 0.889 bits per heavy atom. The summed E-state index contributed by atoms with van der Waals surface area (Å²) in [5.74, 6) is 0. The molecule has 3 aromatic rings. The van der Waals surface area contributed by atoms with Crippen LogP contribution >= 0.6 is 19.6 Å². The number of aromatic nitrogens is 4. The number of hydrogen-bond acceptors (Lipinski definition) is 4. The van der Waals surface area contributed by atoms with Gasteiger partial charge in [0, 0.05) is 22.1 Å². The zero-order valence-electron chi connectivity index (χ0n) is 14.0. The van der Waals surface area contributed by atoms with Gasteiger partial charge in [-0.1, -0.05) is 0 Å². The van der Waals surface area contributed by atoms with E-state index in [-0.39, 0.29) is 14.9 Å². The minimum absolute atomic E-state index is 0.363. The summed E-state index contributed by atoms with van der Waals surface area (Å²) in [5.41, 5.74) is 7.86. The van der Waals surface area contributed by atoms with E-state index < -0.39 is 0 Å². The molecule has 0 unspecified atom stereocenters. The molecule has 2 aliphatic rings. The van der Waals surface area contributed by atoms with E-state index in [9.17, 15) is 0 Å². The summed E-state index contributed by atoms with van der Waals surface area (Å²) in [7, 11) is 8.68. The van der Waals surface area contributed by atoms with Gasteiger partial charge in [-0.05, 0) is 72.8 Å². The maximum atomic E-state index is 4.62. The summed E-state index contributed by atoms with van der Waals surface area (Å²) >= 11 is -0.363. The minimum atomic E-state index is -0.363. The molecule has 27 heavy (non-hydrogen) atoms. The predicted molar refractivity (Wildman–Crippen MR) is 114 cm³/mol. The SMILES string of the molecule is C1=Cc2cc3ccc(cc4ccc(cc5nc(cc1n2)C=C5)[nH]4)[nH]3.[S]=[Mo]=[S]. The molecule has 7 heteroatoms. The standard InChI is InChI=1S/C20H14N4.Mo.2S/c1-2-14-10-16-5-6-18(23-16)12-20-8-7-19(24-20)11-17-4-3-15(22-17)9-13(1)21-14;;;/h1-12,21-22H;;;. The van der Waals surface area contributed by atoms with Crippen molar-refractivity contribution in [3.8, 4) is 0 Å². The number of hydrogen-bond donors (Lipinski definition) is 2. The van der Waals surface area contributed by atoms with Crippen molar-refractivity contribution in [2.75, 3.05) is 0 Å². The van der Waals surface area contributed by atoms with Gasteiger partial charge in [0.1, 0.15) is 0 Å². The molecule has 0 atom stereocenters. The summed E-state index contributed by atoms with van der Waals surface area (Å²) in [4.78, 5) is 16.0. The number of rotatable bonds is 0. The molecular formula is C20H14MoN4S2. The Morgan fingerprint density at radius 3 is 1.30 bits per heavy atom. The number of fused-ring (bicyclic) bond motifs is 8. The second kappa shape index (κ2) is 8.17. The Hall–Kier alpha value is -2.27. The maximum absolute atomic E-state index is 4.62. The average Bonchev–Trinajstić information content (AvgIpc) is 3.41. The third-order valence-corrected chi connectivity index (χ3v) is 4.04. The first-order chi connectivity index (χ1) is 13.2. The van der Waals surface area contributed by atoms with Gasteiger partial charge in [-0.25, -0.2) is 9.97 Å². The molecule has 8 bridgehead atoms. The van der Waals surface area contributed by atoms with Crippen molar-refractivity contribution in [2.45, 2.75) is 0 Å². The van der Waals surface area contributed by atoms with E-state index >= 15 is 0 Å². The molecule has 0 fully saturated rings. The van der Waals surface area contributed by atoms with Gasteiger partial charge in [-0.2, -0.15) is 0 Å². The number of aromatic amines is 2. The third kappa shape index (κ3) is 4.53. The average molecular weight is 470 g/mol. The van der Waals surface area contributed by atoms with Crippen LogP contribution in [0.3, 0.4) is 0 Å². The van der Waals surface area contributed by atoms with E-state index in [2.05, 4.69) is 69.9 Å². The fourth-order valence-electron chi connectivity index (χ4n) is 2.94. The van der Waals surface area contributed by atoms with Crippen molar-refractivity contribution in [2.24, 2.45) is 0 Å². The summed E-state index contributed by atoms with van der Waals surface area (Å²) in [5, 5.41) is 0. The van der Waals surface area contributed by atoms with Gasteiger partial charge in [0.15, 0.2) is 0 Å². The number of nitrogens with one attached hydrogen (secondary N) is 2. The molecule has 0 amide bonds. The van der Waals surface area contributed by atoms with E-state index in [4.69, 9.17) is 0 Å². The van der Waals surface area contributed by atoms with E-state index in [1.54, 1.807) is 0 Å². The first kappa shape index (κ1) is 18.1. The van der Waals surface area contributed by atoms with Crippen LogP contribution in [0.15, 0.2) is 48.5 Å². The Labute approximate surface area is 171 Å². The first-order valence-electron chi connectivity index (χ1n) is 8.18. The second-order valence-corrected chi connectivity index (χ2v) is 9.53. The molecule has 2 aliphatic heterocycles. The van der Waals surface area contributed by atoms with E-state index in [0.717, 1.165) is 44.8 Å². The Balaban J connectivity index is 0.000000565. The summed E-state index contributed by atoms with van der Waals surface area (Å²) in [6, 6.07) is 16.4. The van der Waals surface area contributed by atoms with Crippen LogP contribution < -0.4 is 0 Å². The van der Waals surface area contributed by atoms with Crippen molar-refractivity contribution in [1.82, 2.24) is 19.9 Å². The molecule has 4 nitrogen and oxygen atoms in total. The van der Waals surface area contributed by atoms with E-state index in [0.29, 0.717) is 0 Å². The Bertz CT molecular complexity index is 1170. The van der Waals surface area contributed by atoms with Crippen LogP contribution in [0, 0.1) is 0 Å². The van der Waals surface area contributed by atoms with Crippen LogP contribution in [0.4, 0.5) is 0 Å². The zero-order chi connectivity index (χ0) is 18.6. The summed E-state index contributed by atoms with van der Waals surface area (Å²) < 4.78 is 0. The normalized spacial score (nSPS) is 11.7. The van der Waals surface area contributed by atoms with Crippen LogP contribution in [0.2, 0.25) is 0 Å². The van der Waals surface area contributed by atoms with Crippen LogP contribution in [-0.4, -0.2) is 19.9 Å². The molecule has 132 valence electrons. The van der Waals surface area contributed by atoms with Gasteiger partial charge in [0.2, 0.25) is 0 Å². The molecule has 2 N–H and O–H groups in total. The van der Waals surface area contributed by atoms with E-state index in [1.807, 2.05) is 42.5 Å². The monoisotopic (exact) mass is 472 g/mol. The Morgan fingerprint density at radius 1 is 0.556 bits per heavy atom. The van der Waals surface area contributed by atoms with Crippen LogP contribution in [0.25, 0.3) is 46.4 Å². The van der Waals surface area contributed by atoms with Gasteiger partial charge in [-0.3, -0.25) is 0 Å². The number of H-pyrrole nitrogens is 2. The van der Waals surface area contributed by atoms with Crippen molar-refractivity contribution >= 4 is 66.0 Å². The molecule has 0 aliphatic carbocycles. The zero-order valence-corrected chi connectivity index (χ0v) is 17.7. The van der Waals surface area contributed by atoms with Gasteiger partial charge in [0.25, 0.3) is 0 Å². The Kier molecular flexibility index (Phi) is 5.48. The van der Waals surface area contributed by atoms with Gasteiger partial charge < -0.3 is 9.97 Å². The van der Waals surface area contributed by atoms with Crippen molar-refractivity contribution in [1.29, 1.82) is 0 Å². The predicted octanol–water partition coefficient (Wildman–Crippen LogP) is 5.95. The molecular weight excluding hydrogens is 456 g/mol. The third-order valence-electron chi connectivity index (χ3n) is 4.04. The quantitative estimate of drug-likeness (QED) is 0.275. The van der Waals surface area contributed by atoms with Crippen molar-refractivity contribution < 1.29 is 14.9 Å². The van der Waals surface area contributed by atoms with E-state index in [1.165, 1.54) is 0 Å². The first-order valence-corrected chi connectivity index (χ1v) is 13.8. The van der Waals surface area contributed by atoms with Crippen molar-refractivity contribution in [3.63, 3.8) is 0 Å². The van der Waals surface area contributed by atoms with Gasteiger partial charge in [-0.15, -0.1) is 0 Å². The summed E-state index contributed by atoms with van der Waals surface area (Å²) in [6.45, 7) is 0. The van der Waals surface area contributed by atoms with Crippen molar-refractivity contribution in [3.05, 3.63) is 71.3 Å². The van der Waals surface area contributed by atoms with Crippen LogP contribution in [0.5, 0.6) is 0 Å². The van der Waals surface area contributed by atoms with Crippen LogP contribution in [-0.2, 0) is 14.9 Å². The summed E-state index contributed by atoms with van der Waals surface area (Å²) in [6.07, 6.45) is 8.05. The number of nitrogens with zero attached hydrogens (tertiary/aromatic N) is 2. The topological polar surface area (TPSA) is 57.4 Å². The fourth-order valence-corrected chi connectivity index (χ4v) is 2.94. The fraction of sp³-hybridized carbons (Fsp3) is 0. The van der Waals surface area contributed by atoms with Crippen LogP contribution in [0.1, 0.15) is 22.8 Å². The molecule has 0 aromatic carbocycles. The molecule has 0 saturated heterocycles. The molecule has 5 heterocycles. The van der Waals surface area contributed by atoms with Gasteiger partial charge >= 0.3 is 34.6 Å². The second-order valence-electron chi connectivity index (χ2n) is 5.97. The molecule has 0 spiro atoms. The molecule has 0 saturated carbocycles. The molecule has 0 radical (unpaired) electrons. The molecule has 5 rings (SSSR count). The van der Waals surface area contributed by atoms with Gasteiger partial charge in [0.05, 0.1) is 22.8 Å².